The van der Waals surface area contributed by atoms with Gasteiger partial charge in [0.25, 0.3) is 5.91 Å². The predicted molar refractivity (Wildman–Crippen MR) is 155 cm³/mol. The Morgan fingerprint density at radius 2 is 1.61 bits per heavy atom. The fourth-order valence-electron chi connectivity index (χ4n) is 4.71. The van der Waals surface area contributed by atoms with Crippen LogP contribution in [0.2, 0.25) is 0 Å². The largest absolute Gasteiger partial charge is 0.497 e. The predicted octanol–water partition coefficient (Wildman–Crippen LogP) is 5.63. The number of aryl methyl sites for hydroxylation is 1. The van der Waals surface area contributed by atoms with Crippen molar-refractivity contribution in [1.82, 2.24) is 10.2 Å². The van der Waals surface area contributed by atoms with Crippen molar-refractivity contribution in [2.24, 2.45) is 0 Å². The molecule has 0 aromatic heterocycles. The average Bonchev–Trinajstić information content (AvgIpc) is 3.33. The first kappa shape index (κ1) is 27.5. The number of cyclic esters (lactones) is 1. The Kier molecular flexibility index (Phi) is 8.29. The fraction of sp³-hybridized carbons (Fsp3) is 0.182. The molecular weight excluding hydrogens is 518 g/mol. The van der Waals surface area contributed by atoms with Gasteiger partial charge < -0.3 is 20.1 Å². The van der Waals surface area contributed by atoms with Gasteiger partial charge in [-0.15, -0.1) is 0 Å². The van der Waals surface area contributed by atoms with Crippen molar-refractivity contribution >= 4 is 23.6 Å². The molecule has 41 heavy (non-hydrogen) atoms. The molecule has 8 heteroatoms. The third-order valence-electron chi connectivity index (χ3n) is 6.97. The van der Waals surface area contributed by atoms with Crippen LogP contribution in [0, 0.1) is 6.92 Å². The second-order valence-corrected chi connectivity index (χ2v) is 9.87. The Morgan fingerprint density at radius 3 is 2.32 bits per heavy atom. The molecule has 0 unspecified atom stereocenters. The van der Waals surface area contributed by atoms with Crippen LogP contribution in [0.3, 0.4) is 0 Å². The SMILES string of the molecule is COc1cccc(C(=O)Nc2ccc([C@H]3OC(=O)N(Cc4ccc(C)cc4)[C@H]3C(=O)NCc3ccccc3)cc2)c1. The minimum atomic E-state index is -0.884. The number of methoxy groups -OCH3 is 1. The van der Waals surface area contributed by atoms with E-state index in [1.165, 1.54) is 4.90 Å². The van der Waals surface area contributed by atoms with Crippen LogP contribution in [0.1, 0.15) is 38.7 Å². The van der Waals surface area contributed by atoms with Crippen LogP contribution in [0.5, 0.6) is 5.75 Å². The summed E-state index contributed by atoms with van der Waals surface area (Å²) in [7, 11) is 1.54. The molecule has 0 aliphatic carbocycles. The summed E-state index contributed by atoms with van der Waals surface area (Å²) in [6, 6.07) is 30.3. The van der Waals surface area contributed by atoms with E-state index in [4.69, 9.17) is 9.47 Å². The maximum Gasteiger partial charge on any atom is 0.411 e. The van der Waals surface area contributed by atoms with E-state index in [9.17, 15) is 14.4 Å². The summed E-state index contributed by atoms with van der Waals surface area (Å²) in [4.78, 5) is 40.9. The Bertz CT molecular complexity index is 1520. The molecule has 0 bridgehead atoms. The van der Waals surface area contributed by atoms with E-state index < -0.39 is 18.2 Å². The number of nitrogens with zero attached hydrogens (tertiary/aromatic N) is 1. The van der Waals surface area contributed by atoms with Gasteiger partial charge in [0, 0.05) is 17.8 Å². The topological polar surface area (TPSA) is 97.0 Å². The lowest BCUT2D eigenvalue weighted by Gasteiger charge is -2.24. The highest BCUT2D eigenvalue weighted by Gasteiger charge is 2.46. The lowest BCUT2D eigenvalue weighted by atomic mass is 10.00. The Labute approximate surface area is 238 Å². The van der Waals surface area contributed by atoms with Gasteiger partial charge in [0.05, 0.1) is 13.7 Å². The van der Waals surface area contributed by atoms with E-state index in [-0.39, 0.29) is 18.4 Å². The zero-order chi connectivity index (χ0) is 28.8. The van der Waals surface area contributed by atoms with Crippen molar-refractivity contribution in [2.45, 2.75) is 32.2 Å². The maximum atomic E-state index is 13.6. The first-order valence-corrected chi connectivity index (χ1v) is 13.3. The number of anilines is 1. The van der Waals surface area contributed by atoms with Crippen LogP contribution >= 0.6 is 0 Å². The smallest absolute Gasteiger partial charge is 0.411 e. The lowest BCUT2D eigenvalue weighted by molar-refractivity contribution is -0.126. The zero-order valence-corrected chi connectivity index (χ0v) is 22.9. The number of benzene rings is 4. The minimum Gasteiger partial charge on any atom is -0.497 e. The third-order valence-corrected chi connectivity index (χ3v) is 6.97. The summed E-state index contributed by atoms with van der Waals surface area (Å²) in [6.45, 7) is 2.55. The summed E-state index contributed by atoms with van der Waals surface area (Å²) in [5.74, 6) is -0.0126. The van der Waals surface area contributed by atoms with E-state index in [0.29, 0.717) is 29.1 Å². The molecule has 5 rings (SSSR count). The number of amides is 3. The van der Waals surface area contributed by atoms with E-state index in [1.54, 1.807) is 55.6 Å². The summed E-state index contributed by atoms with van der Waals surface area (Å²) in [5, 5.41) is 5.83. The van der Waals surface area contributed by atoms with Crippen LogP contribution < -0.4 is 15.4 Å². The van der Waals surface area contributed by atoms with Gasteiger partial charge in [-0.05, 0) is 53.9 Å². The highest BCUT2D eigenvalue weighted by molar-refractivity contribution is 6.04. The van der Waals surface area contributed by atoms with Crippen LogP contribution in [-0.4, -0.2) is 36.0 Å². The molecule has 0 spiro atoms. The number of carbonyl (C=O) groups excluding carboxylic acids is 3. The van der Waals surface area contributed by atoms with E-state index in [0.717, 1.165) is 16.7 Å². The first-order valence-electron chi connectivity index (χ1n) is 13.3. The molecule has 4 aromatic carbocycles. The van der Waals surface area contributed by atoms with Gasteiger partial charge in [-0.3, -0.25) is 14.5 Å². The van der Waals surface area contributed by atoms with Crippen LogP contribution in [0.25, 0.3) is 0 Å². The van der Waals surface area contributed by atoms with Crippen LogP contribution in [-0.2, 0) is 22.6 Å². The molecule has 1 heterocycles. The van der Waals surface area contributed by atoms with Crippen molar-refractivity contribution in [2.75, 3.05) is 12.4 Å². The summed E-state index contributed by atoms with van der Waals surface area (Å²) >= 11 is 0. The highest BCUT2D eigenvalue weighted by Crippen LogP contribution is 2.34. The lowest BCUT2D eigenvalue weighted by Crippen LogP contribution is -2.46. The maximum absolute atomic E-state index is 13.6. The zero-order valence-electron chi connectivity index (χ0n) is 22.9. The van der Waals surface area contributed by atoms with Gasteiger partial charge in [-0.25, -0.2) is 4.79 Å². The van der Waals surface area contributed by atoms with Crippen molar-refractivity contribution in [1.29, 1.82) is 0 Å². The standard InChI is InChI=1S/C33H31N3O5/c1-22-11-13-24(14-12-22)21-36-29(32(38)34-20-23-7-4-3-5-8-23)30(41-33(36)39)25-15-17-27(18-16-25)35-31(37)26-9-6-10-28(19-26)40-2/h3-19,29-30H,20-21H2,1-2H3,(H,34,38)(H,35,37)/t29-,30-/m1/s1. The van der Waals surface area contributed by atoms with E-state index >= 15 is 0 Å². The molecule has 0 saturated carbocycles. The Morgan fingerprint density at radius 1 is 0.878 bits per heavy atom. The number of ether oxygens (including phenoxy) is 2. The van der Waals surface area contributed by atoms with Gasteiger partial charge in [-0.1, -0.05) is 78.4 Å². The van der Waals surface area contributed by atoms with Crippen molar-refractivity contribution < 1.29 is 23.9 Å². The van der Waals surface area contributed by atoms with Crippen molar-refractivity contribution in [3.8, 4) is 5.75 Å². The number of carbonyl (C=O) groups is 3. The summed E-state index contributed by atoms with van der Waals surface area (Å²) < 4.78 is 11.0. The minimum absolute atomic E-state index is 0.230. The molecule has 208 valence electrons. The van der Waals surface area contributed by atoms with Gasteiger partial charge in [0.2, 0.25) is 5.91 Å². The molecule has 1 fully saturated rings. The monoisotopic (exact) mass is 549 g/mol. The van der Waals surface area contributed by atoms with Crippen LogP contribution in [0.15, 0.2) is 103 Å². The fourth-order valence-corrected chi connectivity index (χ4v) is 4.71. The number of rotatable bonds is 9. The Hall–Kier alpha value is -5.11. The molecular formula is C33H31N3O5. The highest BCUT2D eigenvalue weighted by atomic mass is 16.6. The van der Waals surface area contributed by atoms with Crippen LogP contribution in [0.4, 0.5) is 10.5 Å². The van der Waals surface area contributed by atoms with Crippen molar-refractivity contribution in [3.63, 3.8) is 0 Å². The van der Waals surface area contributed by atoms with Gasteiger partial charge in [0.1, 0.15) is 5.75 Å². The summed E-state index contributed by atoms with van der Waals surface area (Å²) in [5.41, 5.74) is 4.61. The molecule has 2 atom stereocenters. The second-order valence-electron chi connectivity index (χ2n) is 9.87. The molecule has 1 saturated heterocycles. The molecule has 3 amide bonds. The third kappa shape index (κ3) is 6.55. The number of hydrogen-bond donors (Lipinski definition) is 2. The normalized spacial score (nSPS) is 16.1. The molecule has 8 nitrogen and oxygen atoms in total. The van der Waals surface area contributed by atoms with Gasteiger partial charge in [-0.2, -0.15) is 0 Å². The molecule has 2 N–H and O–H groups in total. The first-order chi connectivity index (χ1) is 19.9. The summed E-state index contributed by atoms with van der Waals surface area (Å²) in [6.07, 6.45) is -1.39. The second kappa shape index (κ2) is 12.4. The van der Waals surface area contributed by atoms with Crippen molar-refractivity contribution in [3.05, 3.63) is 131 Å². The van der Waals surface area contributed by atoms with E-state index in [1.807, 2.05) is 61.5 Å². The molecule has 1 aliphatic rings. The Balaban J connectivity index is 1.35. The molecule has 1 aliphatic heterocycles. The molecule has 0 radical (unpaired) electrons. The number of nitrogens with one attached hydrogen (secondary N) is 2. The number of hydrogen-bond acceptors (Lipinski definition) is 5. The van der Waals surface area contributed by atoms with Gasteiger partial charge >= 0.3 is 6.09 Å². The van der Waals surface area contributed by atoms with Gasteiger partial charge in [0.15, 0.2) is 12.1 Å². The average molecular weight is 550 g/mol. The van der Waals surface area contributed by atoms with E-state index in [2.05, 4.69) is 10.6 Å². The quantitative estimate of drug-likeness (QED) is 0.282. The molecule has 4 aromatic rings.